The van der Waals surface area contributed by atoms with Crippen LogP contribution in [0.2, 0.25) is 0 Å². The third kappa shape index (κ3) is 4.68. The number of aryl methyl sites for hydroxylation is 1. The number of ketones is 1. The smallest absolute Gasteiger partial charge is 0.196 e. The van der Waals surface area contributed by atoms with Crippen LogP contribution >= 0.6 is 11.8 Å². The lowest BCUT2D eigenvalue weighted by Crippen LogP contribution is -2.05. The summed E-state index contributed by atoms with van der Waals surface area (Å²) in [5, 5.41) is 9.49. The number of Topliss-reactive ketones (excluding diaryl/α,β-unsaturated/α-hetero) is 1. The number of methoxy groups -OCH3 is 2. The van der Waals surface area contributed by atoms with E-state index in [2.05, 4.69) is 10.2 Å². The van der Waals surface area contributed by atoms with Gasteiger partial charge in [0.15, 0.2) is 16.8 Å². The van der Waals surface area contributed by atoms with Crippen LogP contribution in [0.25, 0.3) is 17.1 Å². The summed E-state index contributed by atoms with van der Waals surface area (Å²) in [4.78, 5) is 12.7. The van der Waals surface area contributed by atoms with Crippen LogP contribution in [0.4, 0.5) is 0 Å². The van der Waals surface area contributed by atoms with E-state index in [0.717, 1.165) is 28.3 Å². The van der Waals surface area contributed by atoms with Crippen LogP contribution in [-0.4, -0.2) is 40.5 Å². The minimum atomic E-state index is 0.0158. The largest absolute Gasteiger partial charge is 0.497 e. The molecule has 0 radical (unpaired) electrons. The number of hydrogen-bond acceptors (Lipinski definition) is 6. The van der Waals surface area contributed by atoms with Gasteiger partial charge in [0.1, 0.15) is 11.5 Å². The summed E-state index contributed by atoms with van der Waals surface area (Å²) in [6, 6.07) is 23.0. The van der Waals surface area contributed by atoms with E-state index in [1.165, 1.54) is 11.8 Å². The van der Waals surface area contributed by atoms with Crippen molar-refractivity contribution in [2.45, 2.75) is 12.1 Å². The summed E-state index contributed by atoms with van der Waals surface area (Å²) in [5.41, 5.74) is 3.64. The van der Waals surface area contributed by atoms with Gasteiger partial charge in [-0.05, 0) is 67.6 Å². The van der Waals surface area contributed by atoms with Crippen LogP contribution in [0, 0.1) is 6.92 Å². The Labute approximate surface area is 191 Å². The van der Waals surface area contributed by atoms with Gasteiger partial charge in [0.25, 0.3) is 0 Å². The Hall–Kier alpha value is -3.58. The van der Waals surface area contributed by atoms with Crippen LogP contribution in [-0.2, 0) is 0 Å². The van der Waals surface area contributed by atoms with Gasteiger partial charge in [-0.3, -0.25) is 9.36 Å². The van der Waals surface area contributed by atoms with Crippen molar-refractivity contribution in [2.75, 3.05) is 20.0 Å². The monoisotopic (exact) mass is 445 g/mol. The fourth-order valence-electron chi connectivity index (χ4n) is 3.21. The van der Waals surface area contributed by atoms with Crippen LogP contribution in [0.1, 0.15) is 15.9 Å². The minimum absolute atomic E-state index is 0.0158. The zero-order valence-corrected chi connectivity index (χ0v) is 18.9. The molecule has 0 amide bonds. The molecule has 4 rings (SSSR count). The molecule has 0 saturated carbocycles. The summed E-state index contributed by atoms with van der Waals surface area (Å²) < 4.78 is 12.4. The van der Waals surface area contributed by atoms with Crippen LogP contribution in [0.3, 0.4) is 0 Å². The van der Waals surface area contributed by atoms with Gasteiger partial charge in [0, 0.05) is 16.8 Å². The molecule has 7 heteroatoms. The average Bonchev–Trinajstić information content (AvgIpc) is 3.27. The van der Waals surface area contributed by atoms with E-state index < -0.39 is 0 Å². The summed E-state index contributed by atoms with van der Waals surface area (Å²) >= 11 is 1.37. The third-order valence-corrected chi connectivity index (χ3v) is 5.95. The van der Waals surface area contributed by atoms with E-state index in [1.807, 2.05) is 60.0 Å². The molecule has 1 aromatic heterocycles. The van der Waals surface area contributed by atoms with Crippen molar-refractivity contribution in [2.24, 2.45) is 0 Å². The summed E-state index contributed by atoms with van der Waals surface area (Å²) in [7, 11) is 3.24. The van der Waals surface area contributed by atoms with Crippen molar-refractivity contribution in [1.82, 2.24) is 14.8 Å². The highest BCUT2D eigenvalue weighted by Gasteiger charge is 2.18. The second kappa shape index (κ2) is 9.70. The number of ether oxygens (including phenoxy) is 2. The molecule has 0 bridgehead atoms. The maximum atomic E-state index is 12.7. The number of aromatic nitrogens is 3. The Balaban J connectivity index is 1.64. The zero-order chi connectivity index (χ0) is 22.5. The first kappa shape index (κ1) is 21.6. The molecule has 0 atom stereocenters. The fraction of sp³-hybridized carbons (Fsp3) is 0.160. The zero-order valence-electron chi connectivity index (χ0n) is 18.1. The number of carbonyl (C=O) groups is 1. The molecule has 3 aromatic carbocycles. The molecule has 1 heterocycles. The van der Waals surface area contributed by atoms with Crippen LogP contribution in [0.5, 0.6) is 11.5 Å². The van der Waals surface area contributed by atoms with E-state index in [-0.39, 0.29) is 11.5 Å². The molecule has 32 heavy (non-hydrogen) atoms. The summed E-state index contributed by atoms with van der Waals surface area (Å²) in [5.74, 6) is 2.46. The molecule has 0 spiro atoms. The van der Waals surface area contributed by atoms with Crippen molar-refractivity contribution in [3.63, 3.8) is 0 Å². The highest BCUT2D eigenvalue weighted by atomic mass is 32.2. The molecular formula is C25H23N3O3S. The molecule has 162 valence electrons. The maximum Gasteiger partial charge on any atom is 0.196 e. The normalized spacial score (nSPS) is 10.7. The summed E-state index contributed by atoms with van der Waals surface area (Å²) in [6.07, 6.45) is 0. The number of hydrogen-bond donors (Lipinski definition) is 0. The van der Waals surface area contributed by atoms with Crippen LogP contribution in [0.15, 0.2) is 78.0 Å². The Kier molecular flexibility index (Phi) is 6.56. The molecule has 6 nitrogen and oxygen atoms in total. The van der Waals surface area contributed by atoms with Gasteiger partial charge in [-0.1, -0.05) is 29.5 Å². The molecule has 0 saturated heterocycles. The predicted octanol–water partition coefficient (Wildman–Crippen LogP) is 5.23. The molecule has 0 unspecified atom stereocenters. The molecular weight excluding hydrogens is 422 g/mol. The Morgan fingerprint density at radius 1 is 0.844 bits per heavy atom. The lowest BCUT2D eigenvalue weighted by atomic mass is 10.1. The molecule has 0 N–H and O–H groups in total. The average molecular weight is 446 g/mol. The van der Waals surface area contributed by atoms with E-state index in [0.29, 0.717) is 16.5 Å². The lowest BCUT2D eigenvalue weighted by molar-refractivity contribution is 0.102. The van der Waals surface area contributed by atoms with Gasteiger partial charge < -0.3 is 9.47 Å². The molecule has 0 aliphatic heterocycles. The number of thioether (sulfide) groups is 1. The second-order valence-corrected chi connectivity index (χ2v) is 8.09. The van der Waals surface area contributed by atoms with Crippen molar-refractivity contribution in [1.29, 1.82) is 0 Å². The lowest BCUT2D eigenvalue weighted by Gasteiger charge is -2.11. The first-order valence-electron chi connectivity index (χ1n) is 10.1. The molecule has 0 fully saturated rings. The summed E-state index contributed by atoms with van der Waals surface area (Å²) in [6.45, 7) is 2.05. The van der Waals surface area contributed by atoms with Gasteiger partial charge in [-0.2, -0.15) is 0 Å². The second-order valence-electron chi connectivity index (χ2n) is 7.15. The van der Waals surface area contributed by atoms with Crippen molar-refractivity contribution < 1.29 is 14.3 Å². The van der Waals surface area contributed by atoms with Gasteiger partial charge >= 0.3 is 0 Å². The van der Waals surface area contributed by atoms with E-state index in [4.69, 9.17) is 9.47 Å². The molecule has 0 aliphatic carbocycles. The van der Waals surface area contributed by atoms with Crippen LogP contribution < -0.4 is 9.47 Å². The number of nitrogens with zero attached hydrogens (tertiary/aromatic N) is 3. The number of benzene rings is 3. The van der Waals surface area contributed by atoms with E-state index in [9.17, 15) is 4.79 Å². The van der Waals surface area contributed by atoms with Crippen molar-refractivity contribution >= 4 is 17.5 Å². The Morgan fingerprint density at radius 2 is 1.44 bits per heavy atom. The van der Waals surface area contributed by atoms with Crippen molar-refractivity contribution in [3.8, 4) is 28.6 Å². The van der Waals surface area contributed by atoms with E-state index in [1.54, 1.807) is 38.5 Å². The van der Waals surface area contributed by atoms with Gasteiger partial charge in [0.2, 0.25) is 0 Å². The van der Waals surface area contributed by atoms with Crippen molar-refractivity contribution in [3.05, 3.63) is 83.9 Å². The Bertz CT molecular complexity index is 1200. The van der Waals surface area contributed by atoms with Gasteiger partial charge in [-0.25, -0.2) is 0 Å². The standard InChI is InChI=1S/C25H23N3O3S/c1-17-4-10-20(11-5-17)28-24(19-8-14-22(31-3)15-9-19)26-27-25(28)32-16-23(29)18-6-12-21(30-2)13-7-18/h4-15H,16H2,1-3H3. The highest BCUT2D eigenvalue weighted by molar-refractivity contribution is 7.99. The first-order valence-corrected chi connectivity index (χ1v) is 11.0. The third-order valence-electron chi connectivity index (χ3n) is 5.02. The molecule has 0 aliphatic rings. The fourth-order valence-corrected chi connectivity index (χ4v) is 4.05. The number of carbonyl (C=O) groups excluding carboxylic acids is 1. The minimum Gasteiger partial charge on any atom is -0.497 e. The SMILES string of the molecule is COc1ccc(C(=O)CSc2nnc(-c3ccc(OC)cc3)n2-c2ccc(C)cc2)cc1. The predicted molar refractivity (Wildman–Crippen MR) is 126 cm³/mol. The first-order chi connectivity index (χ1) is 15.6. The van der Waals surface area contributed by atoms with Gasteiger partial charge in [-0.15, -0.1) is 10.2 Å². The highest BCUT2D eigenvalue weighted by Crippen LogP contribution is 2.29. The molecule has 4 aromatic rings. The topological polar surface area (TPSA) is 66.2 Å². The van der Waals surface area contributed by atoms with E-state index >= 15 is 0 Å². The quantitative estimate of drug-likeness (QED) is 0.273. The maximum absolute atomic E-state index is 12.7. The van der Waals surface area contributed by atoms with Gasteiger partial charge in [0.05, 0.1) is 20.0 Å². The number of rotatable bonds is 8. The Morgan fingerprint density at radius 3 is 2.03 bits per heavy atom.